The number of nitrogens with two attached hydrogens (primary N) is 3. The van der Waals surface area contributed by atoms with Crippen LogP contribution in [-0.2, 0) is 5.41 Å². The highest BCUT2D eigenvalue weighted by Gasteiger charge is 2.46. The summed E-state index contributed by atoms with van der Waals surface area (Å²) in [6, 6.07) is 65.6. The third-order valence-corrected chi connectivity index (χ3v) is 15.2. The minimum Gasteiger partial charge on any atom is -0.399 e. The SMILES string of the molecule is CCCCCCCCNn1c(-c2ccc(C3(c4ccc(C5=Nc6c(c7ccccc7c7ccccc67)[NH2+]5)cc4)c4cc(N)ccc4-c4ccc(N)cc43)cc2)nc2c3ccccc3c3ccccc3c21. The number of hydrogen-bond acceptors (Lipinski definition) is 5. The summed E-state index contributed by atoms with van der Waals surface area (Å²) in [4.78, 5) is 10.9. The Morgan fingerprint density at radius 2 is 1.01 bits per heavy atom. The Hall–Kier alpha value is -8.26. The van der Waals surface area contributed by atoms with Crippen molar-refractivity contribution in [3.05, 3.63) is 210 Å². The lowest BCUT2D eigenvalue weighted by Crippen LogP contribution is -2.80. The maximum atomic E-state index is 6.75. The van der Waals surface area contributed by atoms with Gasteiger partial charge in [-0.3, -0.25) is 5.32 Å². The van der Waals surface area contributed by atoms with E-state index in [0.29, 0.717) is 11.4 Å². The van der Waals surface area contributed by atoms with Crippen LogP contribution in [0.4, 0.5) is 22.7 Å². The van der Waals surface area contributed by atoms with Crippen molar-refractivity contribution in [3.8, 4) is 22.5 Å². The quantitative estimate of drug-likeness (QED) is 0.0556. The lowest BCUT2D eigenvalue weighted by molar-refractivity contribution is -0.435. The molecule has 0 spiro atoms. The van der Waals surface area contributed by atoms with Gasteiger partial charge in [0.25, 0.3) is 0 Å². The summed E-state index contributed by atoms with van der Waals surface area (Å²) in [7, 11) is 0. The first-order chi connectivity index (χ1) is 34.5. The molecular weight excluding hydrogens is 855 g/mol. The van der Waals surface area contributed by atoms with E-state index in [1.165, 1.54) is 75.5 Å². The van der Waals surface area contributed by atoms with Gasteiger partial charge in [-0.15, -0.1) is 0 Å². The molecule has 0 saturated carbocycles. The number of imidazole rings is 1. The largest absolute Gasteiger partial charge is 0.399 e. The fourth-order valence-electron chi connectivity index (χ4n) is 11.9. The third kappa shape index (κ3) is 6.45. The van der Waals surface area contributed by atoms with Gasteiger partial charge in [0, 0.05) is 45.0 Å². The van der Waals surface area contributed by atoms with Gasteiger partial charge in [-0.25, -0.2) is 9.66 Å². The predicted octanol–water partition coefficient (Wildman–Crippen LogP) is 14.0. The Morgan fingerprint density at radius 1 is 0.514 bits per heavy atom. The molecule has 340 valence electrons. The number of aromatic nitrogens is 2. The second-order valence-corrected chi connectivity index (χ2v) is 19.2. The number of unbranched alkanes of at least 4 members (excludes halogenated alkanes) is 5. The van der Waals surface area contributed by atoms with Crippen molar-refractivity contribution in [1.29, 1.82) is 0 Å². The van der Waals surface area contributed by atoms with Crippen LogP contribution >= 0.6 is 0 Å². The molecule has 7 nitrogen and oxygen atoms in total. The van der Waals surface area contributed by atoms with E-state index in [9.17, 15) is 0 Å². The van der Waals surface area contributed by atoms with Crippen molar-refractivity contribution < 1.29 is 5.32 Å². The summed E-state index contributed by atoms with van der Waals surface area (Å²) < 4.78 is 2.27. The third-order valence-electron chi connectivity index (χ3n) is 15.2. The number of benzene rings is 10. The van der Waals surface area contributed by atoms with Crippen LogP contribution in [0.3, 0.4) is 0 Å². The molecule has 11 aromatic rings. The van der Waals surface area contributed by atoms with E-state index < -0.39 is 5.41 Å². The number of nitrogens with one attached hydrogen (secondary N) is 1. The number of nitrogen functional groups attached to an aromatic ring is 2. The fourth-order valence-corrected chi connectivity index (χ4v) is 11.9. The first kappa shape index (κ1) is 41.9. The average Bonchev–Trinajstić information content (AvgIpc) is 4.11. The maximum Gasteiger partial charge on any atom is 0.237 e. The van der Waals surface area contributed by atoms with E-state index in [1.54, 1.807) is 0 Å². The number of aliphatic imine (C=N–C) groups is 1. The minimum absolute atomic E-state index is 0.717. The van der Waals surface area contributed by atoms with E-state index >= 15 is 0 Å². The van der Waals surface area contributed by atoms with Crippen LogP contribution < -0.4 is 22.2 Å². The molecule has 2 aliphatic rings. The molecule has 7 heteroatoms. The number of quaternary nitrogens is 1. The van der Waals surface area contributed by atoms with Crippen LogP contribution in [0.1, 0.15) is 73.3 Å². The van der Waals surface area contributed by atoms with E-state index in [2.05, 4.69) is 192 Å². The Morgan fingerprint density at radius 3 is 1.64 bits per heavy atom. The zero-order valence-electron chi connectivity index (χ0n) is 39.3. The summed E-state index contributed by atoms with van der Waals surface area (Å²) in [5.74, 6) is 1.85. The van der Waals surface area contributed by atoms with Crippen LogP contribution in [-0.4, -0.2) is 22.0 Å². The lowest BCUT2D eigenvalue weighted by Gasteiger charge is -2.34. The molecule has 0 amide bonds. The highest BCUT2D eigenvalue weighted by molar-refractivity contribution is 6.24. The first-order valence-corrected chi connectivity index (χ1v) is 25.0. The van der Waals surface area contributed by atoms with E-state index in [-0.39, 0.29) is 0 Å². The molecule has 0 atom stereocenters. The normalized spacial score (nSPS) is 13.6. The van der Waals surface area contributed by atoms with Gasteiger partial charge < -0.3 is 16.9 Å². The van der Waals surface area contributed by atoms with Crippen molar-refractivity contribution in [3.63, 3.8) is 0 Å². The van der Waals surface area contributed by atoms with Crippen molar-refractivity contribution in [1.82, 2.24) is 9.66 Å². The molecule has 1 aliphatic carbocycles. The smallest absolute Gasteiger partial charge is 0.237 e. The Bertz CT molecular complexity index is 3850. The van der Waals surface area contributed by atoms with Gasteiger partial charge in [0.1, 0.15) is 5.69 Å². The topological polar surface area (TPSA) is 111 Å². The second kappa shape index (κ2) is 16.8. The standard InChI is InChI=1S/C63H53N7/c1-2-3-4-5-6-15-36-66-70-60-54-23-14-10-19-48(54)47-18-9-13-22-53(47)59(60)69-62(70)40-26-30-42(31-27-40)63(55-37-43(64)32-34-49(55)50-35-33-44(65)38-56(50)63)41-28-24-39(25-29-41)61-67-57-51-20-11-7-16-45(51)46-17-8-12-21-52(46)58(57)68-61/h7-14,16-35,37-38,66H,2-6,15,36,64-65H2,1H3,(H,67,68)/p+1. The molecule has 10 aromatic carbocycles. The maximum absolute atomic E-state index is 6.75. The number of hydrogen-bond donors (Lipinski definition) is 4. The van der Waals surface area contributed by atoms with Crippen LogP contribution in [0.15, 0.2) is 187 Å². The predicted molar refractivity (Wildman–Crippen MR) is 293 cm³/mol. The molecule has 0 radical (unpaired) electrons. The molecule has 7 N–H and O–H groups in total. The van der Waals surface area contributed by atoms with Gasteiger partial charge >= 0.3 is 0 Å². The van der Waals surface area contributed by atoms with Gasteiger partial charge in [0.2, 0.25) is 5.84 Å². The van der Waals surface area contributed by atoms with E-state index in [1.807, 2.05) is 12.1 Å². The molecule has 0 unspecified atom stereocenters. The molecule has 0 fully saturated rings. The van der Waals surface area contributed by atoms with E-state index in [0.717, 1.165) is 91.2 Å². The molecule has 1 aliphatic heterocycles. The molecule has 2 heterocycles. The van der Waals surface area contributed by atoms with Gasteiger partial charge in [-0.05, 0) is 104 Å². The van der Waals surface area contributed by atoms with Crippen molar-refractivity contribution in [2.45, 2.75) is 50.9 Å². The van der Waals surface area contributed by atoms with Crippen LogP contribution in [0, 0.1) is 0 Å². The summed E-state index contributed by atoms with van der Waals surface area (Å²) in [5, 5.41) is 11.9. The molecule has 13 rings (SSSR count). The van der Waals surface area contributed by atoms with Crippen molar-refractivity contribution >= 4 is 82.7 Å². The molecule has 0 bridgehead atoms. The summed E-state index contributed by atoms with van der Waals surface area (Å²) in [5.41, 5.74) is 31.3. The summed E-state index contributed by atoms with van der Waals surface area (Å²) in [6.07, 6.45) is 7.37. The van der Waals surface area contributed by atoms with Gasteiger partial charge in [-0.2, -0.15) is 4.99 Å². The van der Waals surface area contributed by atoms with Crippen molar-refractivity contribution in [2.75, 3.05) is 23.4 Å². The Kier molecular flexibility index (Phi) is 10.0. The second-order valence-electron chi connectivity index (χ2n) is 19.2. The van der Waals surface area contributed by atoms with Gasteiger partial charge in [0.15, 0.2) is 11.5 Å². The Labute approximate surface area is 407 Å². The number of anilines is 2. The van der Waals surface area contributed by atoms with Crippen molar-refractivity contribution in [2.24, 2.45) is 4.99 Å². The molecular formula is C63H54N7+. The summed E-state index contributed by atoms with van der Waals surface area (Å²) in [6.45, 7) is 3.12. The number of nitrogens with zero attached hydrogens (tertiary/aromatic N) is 3. The molecule has 70 heavy (non-hydrogen) atoms. The van der Waals surface area contributed by atoms with Crippen LogP contribution in [0.5, 0.6) is 0 Å². The highest BCUT2D eigenvalue weighted by Crippen LogP contribution is 2.57. The molecule has 1 aromatic heterocycles. The summed E-state index contributed by atoms with van der Waals surface area (Å²) >= 11 is 0. The fraction of sp³-hybridized carbons (Fsp3) is 0.143. The average molecular weight is 909 g/mol. The van der Waals surface area contributed by atoms with Crippen LogP contribution in [0.2, 0.25) is 0 Å². The Balaban J connectivity index is 0.952. The van der Waals surface area contributed by atoms with Gasteiger partial charge in [-0.1, -0.05) is 179 Å². The minimum atomic E-state index is -0.731. The number of fused-ring (bicyclic) bond motifs is 15. The molecule has 0 saturated heterocycles. The number of amidine groups is 1. The van der Waals surface area contributed by atoms with E-state index in [4.69, 9.17) is 21.4 Å². The zero-order valence-corrected chi connectivity index (χ0v) is 39.3. The lowest BCUT2D eigenvalue weighted by atomic mass is 9.67. The first-order valence-electron chi connectivity index (χ1n) is 25.0. The highest BCUT2D eigenvalue weighted by atomic mass is 15.4. The monoisotopic (exact) mass is 908 g/mol. The van der Waals surface area contributed by atoms with Crippen LogP contribution in [0.25, 0.3) is 76.6 Å². The van der Waals surface area contributed by atoms with Gasteiger partial charge in [0.05, 0.1) is 22.0 Å². The zero-order chi connectivity index (χ0) is 46.9. The number of rotatable bonds is 12.